The fraction of sp³-hybridized carbons (Fsp3) is 0.462. The van der Waals surface area contributed by atoms with E-state index in [2.05, 4.69) is 5.32 Å². The minimum Gasteiger partial charge on any atom is -0.354 e. The van der Waals surface area contributed by atoms with Gasteiger partial charge in [0.2, 0.25) is 21.8 Å². The first-order valence-corrected chi connectivity index (χ1v) is 13.7. The van der Waals surface area contributed by atoms with E-state index in [0.717, 1.165) is 23.8 Å². The molecule has 1 N–H and O–H groups in total. The molecule has 0 aliphatic rings. The molecule has 7 nitrogen and oxygen atoms in total. The van der Waals surface area contributed by atoms with Crippen LogP contribution in [0.15, 0.2) is 42.5 Å². The standard InChI is InChI=1S/C26H36FN3O4S/c1-6-16-28-26(32)21(4)29(18-22-12-14-23(27)15-13-22)25(31)11-8-17-30(35(5,33)34)24-10-7-9-19(2)20(24)3/h7,9-10,12-15,21H,6,8,11,16-18H2,1-5H3,(H,28,32)/t21-/m0/s1. The van der Waals surface area contributed by atoms with Crippen LogP contribution in [-0.4, -0.2) is 50.5 Å². The van der Waals surface area contributed by atoms with Gasteiger partial charge in [-0.05, 0) is 68.5 Å². The molecule has 0 aromatic heterocycles. The molecule has 192 valence electrons. The molecule has 2 amide bonds. The largest absolute Gasteiger partial charge is 0.354 e. The lowest BCUT2D eigenvalue weighted by molar-refractivity contribution is -0.140. The van der Waals surface area contributed by atoms with Gasteiger partial charge in [-0.25, -0.2) is 12.8 Å². The Bertz CT molecular complexity index is 1120. The van der Waals surface area contributed by atoms with Crippen molar-refractivity contribution < 1.29 is 22.4 Å². The lowest BCUT2D eigenvalue weighted by Gasteiger charge is -2.29. The zero-order valence-electron chi connectivity index (χ0n) is 21.2. The van der Waals surface area contributed by atoms with Crippen molar-refractivity contribution >= 4 is 27.5 Å². The summed E-state index contributed by atoms with van der Waals surface area (Å²) in [7, 11) is -3.56. The molecule has 0 spiro atoms. The molecule has 0 saturated carbocycles. The second kappa shape index (κ2) is 12.7. The molecular weight excluding hydrogens is 469 g/mol. The molecule has 0 aliphatic carbocycles. The van der Waals surface area contributed by atoms with E-state index >= 15 is 0 Å². The van der Waals surface area contributed by atoms with E-state index < -0.39 is 16.1 Å². The first-order chi connectivity index (χ1) is 16.5. The number of halogens is 1. The van der Waals surface area contributed by atoms with Gasteiger partial charge in [0, 0.05) is 26.1 Å². The zero-order chi connectivity index (χ0) is 26.2. The minimum atomic E-state index is -3.56. The zero-order valence-corrected chi connectivity index (χ0v) is 22.0. The molecule has 0 fully saturated rings. The van der Waals surface area contributed by atoms with E-state index in [1.807, 2.05) is 32.9 Å². The predicted molar refractivity (Wildman–Crippen MR) is 137 cm³/mol. The van der Waals surface area contributed by atoms with Crippen molar-refractivity contribution in [1.29, 1.82) is 0 Å². The van der Waals surface area contributed by atoms with Crippen LogP contribution in [0.2, 0.25) is 0 Å². The van der Waals surface area contributed by atoms with E-state index in [4.69, 9.17) is 0 Å². The number of amides is 2. The van der Waals surface area contributed by atoms with Crippen LogP contribution < -0.4 is 9.62 Å². The van der Waals surface area contributed by atoms with Crippen molar-refractivity contribution in [1.82, 2.24) is 10.2 Å². The molecule has 0 unspecified atom stereocenters. The van der Waals surface area contributed by atoms with Gasteiger partial charge < -0.3 is 10.2 Å². The molecule has 0 bridgehead atoms. The number of sulfonamides is 1. The maximum atomic E-state index is 13.3. The van der Waals surface area contributed by atoms with E-state index in [1.165, 1.54) is 21.3 Å². The molecule has 2 aromatic carbocycles. The fourth-order valence-corrected chi connectivity index (χ4v) is 4.77. The first kappa shape index (κ1) is 28.3. The average Bonchev–Trinajstić information content (AvgIpc) is 2.80. The molecule has 1 atom stereocenters. The lowest BCUT2D eigenvalue weighted by Crippen LogP contribution is -2.47. The number of nitrogens with one attached hydrogen (secondary N) is 1. The van der Waals surface area contributed by atoms with Crippen LogP contribution in [0.25, 0.3) is 0 Å². The van der Waals surface area contributed by atoms with Gasteiger partial charge in [0.1, 0.15) is 11.9 Å². The lowest BCUT2D eigenvalue weighted by atomic mass is 10.1. The molecule has 0 radical (unpaired) electrons. The van der Waals surface area contributed by atoms with Gasteiger partial charge in [0.05, 0.1) is 11.9 Å². The Labute approximate surface area is 208 Å². The molecule has 2 aromatic rings. The number of aryl methyl sites for hydroxylation is 1. The third kappa shape index (κ3) is 8.06. The summed E-state index contributed by atoms with van der Waals surface area (Å²) < 4.78 is 39.7. The van der Waals surface area contributed by atoms with Gasteiger partial charge in [0.15, 0.2) is 0 Å². The number of hydrogen-bond acceptors (Lipinski definition) is 4. The Morgan fingerprint density at radius 1 is 1.09 bits per heavy atom. The molecule has 0 saturated heterocycles. The van der Waals surface area contributed by atoms with E-state index in [-0.39, 0.29) is 43.6 Å². The highest BCUT2D eigenvalue weighted by atomic mass is 32.2. The van der Waals surface area contributed by atoms with E-state index in [9.17, 15) is 22.4 Å². The number of nitrogens with zero attached hydrogens (tertiary/aromatic N) is 2. The Kier molecular flexibility index (Phi) is 10.2. The van der Waals surface area contributed by atoms with Crippen LogP contribution in [0.4, 0.5) is 10.1 Å². The Morgan fingerprint density at radius 2 is 1.74 bits per heavy atom. The van der Waals surface area contributed by atoms with Crippen molar-refractivity contribution in [2.75, 3.05) is 23.7 Å². The maximum Gasteiger partial charge on any atom is 0.242 e. The van der Waals surface area contributed by atoms with Crippen molar-refractivity contribution in [2.45, 2.75) is 59.5 Å². The fourth-order valence-electron chi connectivity index (χ4n) is 3.75. The van der Waals surface area contributed by atoms with Crippen LogP contribution in [0.3, 0.4) is 0 Å². The van der Waals surface area contributed by atoms with Crippen LogP contribution in [-0.2, 0) is 26.2 Å². The van der Waals surface area contributed by atoms with Crippen LogP contribution in [0.5, 0.6) is 0 Å². The highest BCUT2D eigenvalue weighted by molar-refractivity contribution is 7.92. The number of carbonyl (C=O) groups is 2. The quantitative estimate of drug-likeness (QED) is 0.474. The smallest absolute Gasteiger partial charge is 0.242 e. The third-order valence-corrected chi connectivity index (χ3v) is 7.16. The highest BCUT2D eigenvalue weighted by Gasteiger charge is 2.26. The summed E-state index contributed by atoms with van der Waals surface area (Å²) in [4.78, 5) is 27.3. The van der Waals surface area contributed by atoms with Crippen LogP contribution in [0, 0.1) is 19.7 Å². The molecule has 9 heteroatoms. The normalized spacial score (nSPS) is 12.2. The highest BCUT2D eigenvalue weighted by Crippen LogP contribution is 2.25. The van der Waals surface area contributed by atoms with E-state index in [1.54, 1.807) is 25.1 Å². The summed E-state index contributed by atoms with van der Waals surface area (Å²) in [6.07, 6.45) is 2.26. The second-order valence-corrected chi connectivity index (χ2v) is 10.7. The van der Waals surface area contributed by atoms with Crippen molar-refractivity contribution in [3.05, 3.63) is 65.0 Å². The van der Waals surface area contributed by atoms with Crippen LogP contribution >= 0.6 is 0 Å². The average molecular weight is 506 g/mol. The minimum absolute atomic E-state index is 0.0590. The third-order valence-electron chi connectivity index (χ3n) is 5.98. The molecule has 2 rings (SSSR count). The monoisotopic (exact) mass is 505 g/mol. The van der Waals surface area contributed by atoms with Gasteiger partial charge in [-0.3, -0.25) is 13.9 Å². The summed E-state index contributed by atoms with van der Waals surface area (Å²) in [5, 5.41) is 2.81. The van der Waals surface area contributed by atoms with Crippen molar-refractivity contribution in [3.63, 3.8) is 0 Å². The number of benzene rings is 2. The van der Waals surface area contributed by atoms with Gasteiger partial charge in [-0.2, -0.15) is 0 Å². The summed E-state index contributed by atoms with van der Waals surface area (Å²) in [5.41, 5.74) is 3.13. The summed E-state index contributed by atoms with van der Waals surface area (Å²) in [6, 6.07) is 10.5. The van der Waals surface area contributed by atoms with Gasteiger partial charge in [-0.1, -0.05) is 31.2 Å². The van der Waals surface area contributed by atoms with Crippen LogP contribution in [0.1, 0.15) is 49.8 Å². The number of rotatable bonds is 12. The SMILES string of the molecule is CCCNC(=O)[C@H](C)N(Cc1ccc(F)cc1)C(=O)CCCN(c1cccc(C)c1C)S(C)(=O)=O. The van der Waals surface area contributed by atoms with Crippen molar-refractivity contribution in [3.8, 4) is 0 Å². The number of hydrogen-bond donors (Lipinski definition) is 1. The number of anilines is 1. The maximum absolute atomic E-state index is 13.3. The van der Waals surface area contributed by atoms with Gasteiger partial charge in [0.25, 0.3) is 0 Å². The topological polar surface area (TPSA) is 86.8 Å². The van der Waals surface area contributed by atoms with Crippen molar-refractivity contribution in [2.24, 2.45) is 0 Å². The Balaban J connectivity index is 2.18. The number of carbonyl (C=O) groups excluding carboxylic acids is 2. The first-order valence-electron chi connectivity index (χ1n) is 11.8. The molecular formula is C26H36FN3O4S. The Morgan fingerprint density at radius 3 is 2.34 bits per heavy atom. The summed E-state index contributed by atoms with van der Waals surface area (Å²) in [5.74, 6) is -0.925. The van der Waals surface area contributed by atoms with E-state index in [0.29, 0.717) is 17.8 Å². The van der Waals surface area contributed by atoms with Gasteiger partial charge in [-0.15, -0.1) is 0 Å². The molecule has 35 heavy (non-hydrogen) atoms. The predicted octanol–water partition coefficient (Wildman–Crippen LogP) is 3.93. The Hall–Kier alpha value is -2.94. The summed E-state index contributed by atoms with van der Waals surface area (Å²) in [6.45, 7) is 8.17. The summed E-state index contributed by atoms with van der Waals surface area (Å²) >= 11 is 0. The molecule has 0 heterocycles. The molecule has 0 aliphatic heterocycles. The van der Waals surface area contributed by atoms with Gasteiger partial charge >= 0.3 is 0 Å². The second-order valence-electron chi connectivity index (χ2n) is 8.77.